The van der Waals surface area contributed by atoms with Gasteiger partial charge in [-0.25, -0.2) is 4.79 Å². The third-order valence-electron chi connectivity index (χ3n) is 8.88. The van der Waals surface area contributed by atoms with Gasteiger partial charge >= 0.3 is 5.97 Å². The van der Waals surface area contributed by atoms with Crippen molar-refractivity contribution in [2.75, 3.05) is 41.2 Å². The summed E-state index contributed by atoms with van der Waals surface area (Å²) in [6, 6.07) is 8.72. The van der Waals surface area contributed by atoms with E-state index in [1.165, 1.54) is 31.9 Å². The zero-order chi connectivity index (χ0) is 26.2. The maximum Gasteiger partial charge on any atom is 0.380 e. The number of fused-ring (bicyclic) bond motifs is 4. The number of benzene rings is 2. The van der Waals surface area contributed by atoms with Gasteiger partial charge in [-0.15, -0.1) is 0 Å². The van der Waals surface area contributed by atoms with E-state index in [2.05, 4.69) is 11.0 Å². The maximum absolute atomic E-state index is 13.4. The Bertz CT molecular complexity index is 1400. The highest BCUT2D eigenvalue weighted by Gasteiger charge is 2.77. The normalized spacial score (nSPS) is 28.0. The first-order valence-electron chi connectivity index (χ1n) is 13.0. The Morgan fingerprint density at radius 1 is 0.974 bits per heavy atom. The topological polar surface area (TPSA) is 92.8 Å². The van der Waals surface area contributed by atoms with Gasteiger partial charge in [0.2, 0.25) is 6.79 Å². The molecule has 2 aromatic carbocycles. The molecule has 198 valence electrons. The number of ether oxygens (including phenoxy) is 6. The summed E-state index contributed by atoms with van der Waals surface area (Å²) in [6.45, 7) is 2.05. The van der Waals surface area contributed by atoms with E-state index in [1.807, 2.05) is 6.07 Å². The Labute approximate surface area is 220 Å². The molecule has 0 bridgehead atoms. The molecule has 2 fully saturated rings. The number of rotatable bonds is 6. The largest absolute Gasteiger partial charge is 0.497 e. The molecular weight excluding hydrogens is 490 g/mol. The number of ketones is 1. The number of carbonyl (C=O) groups is 2. The fourth-order valence-corrected chi connectivity index (χ4v) is 7.38. The van der Waals surface area contributed by atoms with E-state index in [4.69, 9.17) is 28.4 Å². The summed E-state index contributed by atoms with van der Waals surface area (Å²) in [4.78, 5) is 29.1. The Morgan fingerprint density at radius 3 is 2.53 bits per heavy atom. The zero-order valence-electron chi connectivity index (χ0n) is 21.6. The van der Waals surface area contributed by atoms with Crippen LogP contribution in [0.3, 0.4) is 0 Å². The van der Waals surface area contributed by atoms with Gasteiger partial charge in [-0.2, -0.15) is 0 Å². The van der Waals surface area contributed by atoms with Crippen molar-refractivity contribution in [3.8, 4) is 23.0 Å². The molecule has 1 unspecified atom stereocenters. The molecule has 1 saturated carbocycles. The van der Waals surface area contributed by atoms with E-state index in [0.29, 0.717) is 28.9 Å². The van der Waals surface area contributed by atoms with Crippen molar-refractivity contribution in [2.24, 2.45) is 5.92 Å². The third kappa shape index (κ3) is 3.02. The molecule has 9 heteroatoms. The van der Waals surface area contributed by atoms with E-state index >= 15 is 0 Å². The molecule has 3 heterocycles. The molecule has 0 aromatic heterocycles. The van der Waals surface area contributed by atoms with Crippen LogP contribution in [0, 0.1) is 5.92 Å². The van der Waals surface area contributed by atoms with Crippen molar-refractivity contribution in [1.29, 1.82) is 0 Å². The first-order valence-corrected chi connectivity index (χ1v) is 13.0. The predicted octanol–water partition coefficient (Wildman–Crippen LogP) is 3.25. The van der Waals surface area contributed by atoms with Crippen LogP contribution in [-0.2, 0) is 20.7 Å². The molecule has 2 aliphatic carbocycles. The quantitative estimate of drug-likeness (QED) is 0.324. The lowest BCUT2D eigenvalue weighted by atomic mass is 9.80. The van der Waals surface area contributed by atoms with Crippen LogP contribution in [0.5, 0.6) is 23.0 Å². The van der Waals surface area contributed by atoms with Crippen molar-refractivity contribution in [1.82, 2.24) is 4.90 Å². The van der Waals surface area contributed by atoms with Crippen LogP contribution in [-0.4, -0.2) is 69.5 Å². The zero-order valence-corrected chi connectivity index (χ0v) is 21.6. The van der Waals surface area contributed by atoms with E-state index in [-0.39, 0.29) is 23.8 Å². The Balaban J connectivity index is 1.28. The molecule has 0 radical (unpaired) electrons. The molecule has 5 aliphatic rings. The van der Waals surface area contributed by atoms with Crippen molar-refractivity contribution in [3.05, 3.63) is 58.4 Å². The molecule has 4 atom stereocenters. The minimum atomic E-state index is -0.930. The molecule has 1 spiro atoms. The van der Waals surface area contributed by atoms with Gasteiger partial charge in [0.1, 0.15) is 5.76 Å². The Hall–Kier alpha value is -3.72. The van der Waals surface area contributed by atoms with Crippen molar-refractivity contribution < 1.29 is 38.0 Å². The fourth-order valence-electron chi connectivity index (χ4n) is 7.38. The third-order valence-corrected chi connectivity index (χ3v) is 8.88. The lowest BCUT2D eigenvalue weighted by Crippen LogP contribution is -2.48. The van der Waals surface area contributed by atoms with Crippen LogP contribution in [0.4, 0.5) is 0 Å². The van der Waals surface area contributed by atoms with Gasteiger partial charge in [-0.3, -0.25) is 9.69 Å². The van der Waals surface area contributed by atoms with Gasteiger partial charge in [0.15, 0.2) is 29.1 Å². The highest BCUT2D eigenvalue weighted by molar-refractivity contribution is 6.40. The molecule has 38 heavy (non-hydrogen) atoms. The predicted molar refractivity (Wildman–Crippen MR) is 134 cm³/mol. The van der Waals surface area contributed by atoms with Gasteiger partial charge in [0.05, 0.1) is 32.8 Å². The summed E-state index contributed by atoms with van der Waals surface area (Å²) >= 11 is 0. The minimum absolute atomic E-state index is 0.169. The van der Waals surface area contributed by atoms with Crippen LogP contribution >= 0.6 is 0 Å². The van der Waals surface area contributed by atoms with Crippen LogP contribution in [0.15, 0.2) is 41.7 Å². The van der Waals surface area contributed by atoms with Gasteiger partial charge in [-0.1, -0.05) is 0 Å². The van der Waals surface area contributed by atoms with Gasteiger partial charge < -0.3 is 28.4 Å². The number of piperidine rings is 1. The lowest BCUT2D eigenvalue weighted by Gasteiger charge is -2.40. The van der Waals surface area contributed by atoms with Crippen LogP contribution in [0.25, 0.3) is 0 Å². The number of carbonyl (C=O) groups excluding carboxylic acids is 2. The summed E-state index contributed by atoms with van der Waals surface area (Å²) in [5, 5.41) is 0. The number of nitrogens with zero attached hydrogens (tertiary/aromatic N) is 1. The minimum Gasteiger partial charge on any atom is -0.497 e. The number of methoxy groups -OCH3 is 3. The molecule has 1 saturated heterocycles. The lowest BCUT2D eigenvalue weighted by molar-refractivity contribution is -0.145. The molecular formula is C29H29NO8. The van der Waals surface area contributed by atoms with Crippen LogP contribution in [0.1, 0.15) is 40.2 Å². The summed E-state index contributed by atoms with van der Waals surface area (Å²) in [5.74, 6) is 1.41. The molecule has 3 aliphatic heterocycles. The molecule has 0 N–H and O–H groups in total. The Morgan fingerprint density at radius 2 is 1.76 bits per heavy atom. The van der Waals surface area contributed by atoms with Crippen LogP contribution < -0.4 is 18.9 Å². The molecule has 0 amide bonds. The summed E-state index contributed by atoms with van der Waals surface area (Å²) in [6.07, 6.45) is 2.32. The number of esters is 1. The second-order valence-electron chi connectivity index (χ2n) is 10.3. The van der Waals surface area contributed by atoms with E-state index in [0.717, 1.165) is 49.2 Å². The fraction of sp³-hybridized carbons (Fsp3) is 0.448. The Kier molecular flexibility index (Phi) is 5.17. The highest BCUT2D eigenvalue weighted by atomic mass is 16.7. The highest BCUT2D eigenvalue weighted by Crippen LogP contribution is 2.73. The SMILES string of the molecule is COC1=C2C3CCCN4CCc5cc6c(cc5[C@H]([C@@H]1OC(=O)C(=O)c1ccc(OC)c(OC)c1)[C@@]234)OCO6. The van der Waals surface area contributed by atoms with Crippen molar-refractivity contribution in [3.63, 3.8) is 0 Å². The second-order valence-corrected chi connectivity index (χ2v) is 10.3. The first-order chi connectivity index (χ1) is 18.5. The summed E-state index contributed by atoms with van der Waals surface area (Å²) in [7, 11) is 4.61. The second kappa shape index (κ2) is 8.39. The van der Waals surface area contributed by atoms with Gasteiger partial charge in [-0.05, 0) is 72.8 Å². The smallest absolute Gasteiger partial charge is 0.380 e. The van der Waals surface area contributed by atoms with E-state index < -0.39 is 17.9 Å². The van der Waals surface area contributed by atoms with E-state index in [1.54, 1.807) is 13.2 Å². The standard InChI is InChI=1S/C29H29NO8/c1-33-19-7-6-16(12-20(19)34-2)25(31)28(32)38-27-23-17-13-22-21(36-14-37-22)11-15(17)8-10-30-9-4-5-18-24(26(27)35-3)29(18,23)30/h6-7,11-13,18,23,27H,4-5,8-10,14H2,1-3H3/t18?,23-,27+,29-/m1/s1. The number of hydrogen-bond acceptors (Lipinski definition) is 9. The monoisotopic (exact) mass is 519 g/mol. The van der Waals surface area contributed by atoms with E-state index in [9.17, 15) is 9.59 Å². The first kappa shape index (κ1) is 23.4. The van der Waals surface area contributed by atoms with Crippen LogP contribution in [0.2, 0.25) is 0 Å². The van der Waals surface area contributed by atoms with Gasteiger partial charge in [0, 0.05) is 18.0 Å². The van der Waals surface area contributed by atoms with Crippen molar-refractivity contribution in [2.45, 2.75) is 36.8 Å². The van der Waals surface area contributed by atoms with Gasteiger partial charge in [0.25, 0.3) is 5.78 Å². The number of hydrogen-bond donors (Lipinski definition) is 0. The molecule has 9 nitrogen and oxygen atoms in total. The maximum atomic E-state index is 13.4. The summed E-state index contributed by atoms with van der Waals surface area (Å²) < 4.78 is 34.0. The average Bonchev–Trinajstić information content (AvgIpc) is 3.29. The summed E-state index contributed by atoms with van der Waals surface area (Å²) in [5.41, 5.74) is 3.34. The molecule has 2 aromatic rings. The molecule has 7 rings (SSSR count). The number of Topliss-reactive ketones (excluding diaryl/α,β-unsaturated/α-hetero) is 1. The van der Waals surface area contributed by atoms with Crippen molar-refractivity contribution >= 4 is 11.8 Å². The average molecular weight is 520 g/mol.